The zero-order valence-corrected chi connectivity index (χ0v) is 20.1. The fraction of sp³-hybridized carbons (Fsp3) is 0.963. The monoisotopic (exact) mass is 418 g/mol. The Bertz CT molecular complexity index is 658. The molecule has 3 heteroatoms. The molecule has 0 aromatic rings. The number of aliphatic hydroxyl groups is 2. The van der Waals surface area contributed by atoms with Crippen molar-refractivity contribution in [3.63, 3.8) is 0 Å². The van der Waals surface area contributed by atoms with Gasteiger partial charge in [-0.05, 0) is 79.4 Å². The molecule has 3 nitrogen and oxygen atoms in total. The van der Waals surface area contributed by atoms with Gasteiger partial charge in [-0.1, -0.05) is 53.9 Å². The zero-order valence-electron chi connectivity index (χ0n) is 20.1. The van der Waals surface area contributed by atoms with Crippen LogP contribution in [0.25, 0.3) is 0 Å². The Kier molecular flexibility index (Phi) is 5.97. The molecular formula is C27H46O3. The Balaban J connectivity index is 1.54. The van der Waals surface area contributed by atoms with Gasteiger partial charge < -0.3 is 10.2 Å². The normalized spacial score (nSPS) is 49.5. The molecule has 4 rings (SSSR count). The molecule has 4 fully saturated rings. The van der Waals surface area contributed by atoms with Gasteiger partial charge in [0.15, 0.2) is 5.78 Å². The number of ketones is 1. The highest BCUT2D eigenvalue weighted by molar-refractivity contribution is 5.89. The van der Waals surface area contributed by atoms with E-state index in [2.05, 4.69) is 34.6 Å². The summed E-state index contributed by atoms with van der Waals surface area (Å²) in [5, 5.41) is 21.7. The van der Waals surface area contributed by atoms with Gasteiger partial charge in [-0.15, -0.1) is 0 Å². The maximum absolute atomic E-state index is 13.3. The van der Waals surface area contributed by atoms with Crippen molar-refractivity contribution in [1.29, 1.82) is 0 Å². The second-order valence-electron chi connectivity index (χ2n) is 12.7. The van der Waals surface area contributed by atoms with Gasteiger partial charge in [-0.2, -0.15) is 0 Å². The van der Waals surface area contributed by atoms with E-state index >= 15 is 0 Å². The average molecular weight is 419 g/mol. The van der Waals surface area contributed by atoms with E-state index in [1.165, 1.54) is 38.5 Å². The summed E-state index contributed by atoms with van der Waals surface area (Å²) in [7, 11) is 0. The van der Waals surface area contributed by atoms with Crippen molar-refractivity contribution >= 4 is 5.78 Å². The summed E-state index contributed by atoms with van der Waals surface area (Å²) >= 11 is 0. The molecule has 0 amide bonds. The Labute approximate surface area is 184 Å². The number of carbonyl (C=O) groups is 1. The van der Waals surface area contributed by atoms with E-state index in [0.29, 0.717) is 29.6 Å². The van der Waals surface area contributed by atoms with Crippen LogP contribution in [0.4, 0.5) is 0 Å². The van der Waals surface area contributed by atoms with Crippen molar-refractivity contribution in [2.45, 2.75) is 117 Å². The lowest BCUT2D eigenvalue weighted by Gasteiger charge is -2.63. The van der Waals surface area contributed by atoms with Crippen molar-refractivity contribution in [3.05, 3.63) is 0 Å². The number of hydrogen-bond acceptors (Lipinski definition) is 3. The second-order valence-corrected chi connectivity index (χ2v) is 12.7. The zero-order chi connectivity index (χ0) is 21.9. The molecule has 0 heterocycles. The van der Waals surface area contributed by atoms with Crippen LogP contribution in [-0.2, 0) is 4.79 Å². The highest BCUT2D eigenvalue weighted by Gasteiger charge is 2.67. The quantitative estimate of drug-likeness (QED) is 0.596. The van der Waals surface area contributed by atoms with E-state index in [-0.39, 0.29) is 17.6 Å². The molecule has 4 saturated carbocycles. The minimum atomic E-state index is -1.30. The van der Waals surface area contributed by atoms with Crippen LogP contribution < -0.4 is 0 Å². The van der Waals surface area contributed by atoms with Gasteiger partial charge in [-0.25, -0.2) is 0 Å². The summed E-state index contributed by atoms with van der Waals surface area (Å²) in [5.74, 6) is 3.87. The SMILES string of the molecule is CC(C)CCC[C@@H](C)C1CCC2C3CC(=O)[C@@]4(O)C[C@@H](O)CC[C@]4(C)C3CC[C@@]21C. The largest absolute Gasteiger partial charge is 0.393 e. The molecule has 30 heavy (non-hydrogen) atoms. The number of Topliss-reactive ketones (excluding diaryl/α,β-unsaturated/α-hetero) is 1. The third-order valence-corrected chi connectivity index (χ3v) is 10.8. The van der Waals surface area contributed by atoms with Crippen LogP contribution in [0.3, 0.4) is 0 Å². The summed E-state index contributed by atoms with van der Waals surface area (Å²) in [4.78, 5) is 13.3. The van der Waals surface area contributed by atoms with E-state index in [1.54, 1.807) is 0 Å². The molecule has 4 unspecified atom stereocenters. The lowest BCUT2D eigenvalue weighted by Crippen LogP contribution is -2.67. The third-order valence-electron chi connectivity index (χ3n) is 10.8. The summed E-state index contributed by atoms with van der Waals surface area (Å²) < 4.78 is 0. The first-order valence-corrected chi connectivity index (χ1v) is 13.0. The maximum Gasteiger partial charge on any atom is 0.165 e. The minimum absolute atomic E-state index is 0.0303. The number of aliphatic hydroxyl groups excluding tert-OH is 1. The molecule has 2 N–H and O–H groups in total. The van der Waals surface area contributed by atoms with Crippen LogP contribution in [0.5, 0.6) is 0 Å². The molecule has 0 aromatic carbocycles. The first-order valence-electron chi connectivity index (χ1n) is 13.0. The van der Waals surface area contributed by atoms with Gasteiger partial charge in [0.2, 0.25) is 0 Å². The van der Waals surface area contributed by atoms with Gasteiger partial charge in [0.25, 0.3) is 0 Å². The molecule has 0 aliphatic heterocycles. The predicted molar refractivity (Wildman–Crippen MR) is 121 cm³/mol. The maximum atomic E-state index is 13.3. The summed E-state index contributed by atoms with van der Waals surface area (Å²) in [6.07, 6.45) is 10.8. The van der Waals surface area contributed by atoms with Crippen LogP contribution in [0, 0.1) is 46.3 Å². The van der Waals surface area contributed by atoms with Gasteiger partial charge in [-0.3, -0.25) is 4.79 Å². The van der Waals surface area contributed by atoms with Crippen molar-refractivity contribution in [2.24, 2.45) is 46.3 Å². The fourth-order valence-electron chi connectivity index (χ4n) is 9.04. The standard InChI is InChI=1S/C27H46O3/c1-17(2)7-6-8-18(3)21-9-10-22-20-15-24(29)27(30)16-19(28)11-14-26(27,5)23(20)12-13-25(21,22)4/h17-23,28,30H,6-16H2,1-5H3/t18-,19+,20?,21?,22?,23?,25-,26-,27+/m1/s1. The topological polar surface area (TPSA) is 57.5 Å². The van der Waals surface area contributed by atoms with Crippen LogP contribution in [0.1, 0.15) is 105 Å². The first kappa shape index (κ1) is 22.8. The Morgan fingerprint density at radius 1 is 1.00 bits per heavy atom. The lowest BCUT2D eigenvalue weighted by molar-refractivity contribution is -0.213. The number of hydrogen-bond donors (Lipinski definition) is 2. The molecule has 0 radical (unpaired) electrons. The van der Waals surface area contributed by atoms with E-state index in [9.17, 15) is 15.0 Å². The summed E-state index contributed by atoms with van der Waals surface area (Å²) in [6.45, 7) is 11.9. The Hall–Kier alpha value is -0.410. The van der Waals surface area contributed by atoms with Gasteiger partial charge >= 0.3 is 0 Å². The molecular weight excluding hydrogens is 372 g/mol. The van der Waals surface area contributed by atoms with Crippen molar-refractivity contribution in [3.8, 4) is 0 Å². The molecule has 9 atom stereocenters. The second kappa shape index (κ2) is 7.87. The molecule has 4 aliphatic carbocycles. The van der Waals surface area contributed by atoms with Gasteiger partial charge in [0, 0.05) is 18.3 Å². The molecule has 0 aromatic heterocycles. The fourth-order valence-corrected chi connectivity index (χ4v) is 9.04. The van der Waals surface area contributed by atoms with Crippen molar-refractivity contribution < 1.29 is 15.0 Å². The van der Waals surface area contributed by atoms with E-state index in [4.69, 9.17) is 0 Å². The van der Waals surface area contributed by atoms with Crippen LogP contribution in [-0.4, -0.2) is 27.7 Å². The highest BCUT2D eigenvalue weighted by Crippen LogP contribution is 2.68. The van der Waals surface area contributed by atoms with E-state index in [1.807, 2.05) is 0 Å². The third kappa shape index (κ3) is 3.33. The van der Waals surface area contributed by atoms with Crippen molar-refractivity contribution in [2.75, 3.05) is 0 Å². The lowest BCUT2D eigenvalue weighted by atomic mass is 9.42. The van der Waals surface area contributed by atoms with Crippen molar-refractivity contribution in [1.82, 2.24) is 0 Å². The smallest absolute Gasteiger partial charge is 0.165 e. The first-order chi connectivity index (χ1) is 14.0. The van der Waals surface area contributed by atoms with E-state index < -0.39 is 11.7 Å². The summed E-state index contributed by atoms with van der Waals surface area (Å²) in [6, 6.07) is 0. The molecule has 4 aliphatic rings. The molecule has 0 spiro atoms. The van der Waals surface area contributed by atoms with Crippen LogP contribution in [0.2, 0.25) is 0 Å². The minimum Gasteiger partial charge on any atom is -0.393 e. The Morgan fingerprint density at radius 2 is 1.73 bits per heavy atom. The van der Waals surface area contributed by atoms with Gasteiger partial charge in [0.1, 0.15) is 5.60 Å². The Morgan fingerprint density at radius 3 is 2.43 bits per heavy atom. The molecule has 0 bridgehead atoms. The highest BCUT2D eigenvalue weighted by atomic mass is 16.3. The van der Waals surface area contributed by atoms with Crippen LogP contribution in [0.15, 0.2) is 0 Å². The summed E-state index contributed by atoms with van der Waals surface area (Å²) in [5.41, 5.74) is -1.30. The number of rotatable bonds is 5. The van der Waals surface area contributed by atoms with Crippen LogP contribution >= 0.6 is 0 Å². The number of fused-ring (bicyclic) bond motifs is 5. The number of carbonyl (C=O) groups excluding carboxylic acids is 1. The molecule has 0 saturated heterocycles. The average Bonchev–Trinajstić information content (AvgIpc) is 3.01. The predicted octanol–water partition coefficient (Wildman–Crippen LogP) is 5.76. The van der Waals surface area contributed by atoms with E-state index in [0.717, 1.165) is 37.0 Å². The molecule has 172 valence electrons. The van der Waals surface area contributed by atoms with Gasteiger partial charge in [0.05, 0.1) is 6.10 Å².